The van der Waals surface area contributed by atoms with Crippen molar-refractivity contribution in [2.75, 3.05) is 5.32 Å². The van der Waals surface area contributed by atoms with Crippen LogP contribution in [-0.4, -0.2) is 11.9 Å². The van der Waals surface area contributed by atoms with Crippen LogP contribution in [-0.2, 0) is 4.79 Å². The lowest BCUT2D eigenvalue weighted by atomic mass is 10.2. The maximum Gasteiger partial charge on any atom is 0.336 e. The van der Waals surface area contributed by atoms with Crippen LogP contribution in [0, 0.1) is 0 Å². The van der Waals surface area contributed by atoms with Crippen molar-refractivity contribution in [3.05, 3.63) is 69.7 Å². The van der Waals surface area contributed by atoms with E-state index in [-0.39, 0.29) is 5.91 Å². The molecule has 4 nitrogen and oxygen atoms in total. The molecule has 0 atom stereocenters. The van der Waals surface area contributed by atoms with E-state index in [4.69, 9.17) is 27.9 Å². The van der Waals surface area contributed by atoms with E-state index in [9.17, 15) is 9.59 Å². The summed E-state index contributed by atoms with van der Waals surface area (Å²) in [5.74, 6) is -0.450. The zero-order valence-electron chi connectivity index (χ0n) is 13.1. The fourth-order valence-corrected chi connectivity index (χ4v) is 2.18. The van der Waals surface area contributed by atoms with Crippen molar-refractivity contribution in [1.82, 2.24) is 0 Å². The Morgan fingerprint density at radius 1 is 1.04 bits per heavy atom. The third kappa shape index (κ3) is 5.11. The Morgan fingerprint density at radius 2 is 1.71 bits per heavy atom. The number of anilines is 1. The van der Waals surface area contributed by atoms with E-state index in [1.807, 2.05) is 0 Å². The minimum Gasteiger partial charge on any atom is -0.423 e. The second kappa shape index (κ2) is 7.99. The van der Waals surface area contributed by atoms with Gasteiger partial charge in [0.15, 0.2) is 0 Å². The lowest BCUT2D eigenvalue weighted by molar-refractivity contribution is -0.129. The quantitative estimate of drug-likeness (QED) is 0.466. The SMILES string of the molecule is CC(C)=CC(=O)Oc1ccc(C(=O)Nc2cc(Cl)ccc2Cl)cc1. The molecule has 124 valence electrons. The van der Waals surface area contributed by atoms with Crippen LogP contribution in [0.1, 0.15) is 24.2 Å². The number of halogens is 2. The number of hydrogen-bond donors (Lipinski definition) is 1. The van der Waals surface area contributed by atoms with Crippen molar-refractivity contribution in [2.24, 2.45) is 0 Å². The van der Waals surface area contributed by atoms with Gasteiger partial charge in [0.2, 0.25) is 0 Å². The van der Waals surface area contributed by atoms with Crippen LogP contribution in [0.3, 0.4) is 0 Å². The standard InChI is InChI=1S/C18H15Cl2NO3/c1-11(2)9-17(22)24-14-6-3-12(4-7-14)18(23)21-16-10-13(19)5-8-15(16)20/h3-10H,1-2H3,(H,21,23). The molecule has 6 heteroatoms. The molecule has 0 saturated heterocycles. The van der Waals surface area contributed by atoms with Crippen LogP contribution >= 0.6 is 23.2 Å². The number of allylic oxidation sites excluding steroid dienone is 1. The van der Waals surface area contributed by atoms with Crippen molar-refractivity contribution in [3.8, 4) is 5.75 Å². The second-order valence-corrected chi connectivity index (χ2v) is 6.09. The maximum atomic E-state index is 12.2. The summed E-state index contributed by atoms with van der Waals surface area (Å²) in [6.45, 7) is 3.60. The molecule has 0 radical (unpaired) electrons. The monoisotopic (exact) mass is 363 g/mol. The average molecular weight is 364 g/mol. The summed E-state index contributed by atoms with van der Waals surface area (Å²) in [6.07, 6.45) is 1.39. The van der Waals surface area contributed by atoms with E-state index in [2.05, 4.69) is 5.32 Å². The van der Waals surface area contributed by atoms with Crippen LogP contribution in [0.2, 0.25) is 10.0 Å². The highest BCUT2D eigenvalue weighted by molar-refractivity contribution is 6.35. The lowest BCUT2D eigenvalue weighted by Crippen LogP contribution is -2.12. The van der Waals surface area contributed by atoms with E-state index >= 15 is 0 Å². The van der Waals surface area contributed by atoms with Crippen molar-refractivity contribution in [1.29, 1.82) is 0 Å². The van der Waals surface area contributed by atoms with Gasteiger partial charge in [-0.25, -0.2) is 4.79 Å². The molecule has 2 rings (SSSR count). The number of benzene rings is 2. The molecular weight excluding hydrogens is 349 g/mol. The normalized spacial score (nSPS) is 10.0. The van der Waals surface area contributed by atoms with E-state index in [0.717, 1.165) is 5.57 Å². The average Bonchev–Trinajstić information content (AvgIpc) is 2.50. The number of rotatable bonds is 4. The zero-order valence-corrected chi connectivity index (χ0v) is 14.6. The van der Waals surface area contributed by atoms with Crippen LogP contribution in [0.5, 0.6) is 5.75 Å². The number of nitrogens with one attached hydrogen (secondary N) is 1. The van der Waals surface area contributed by atoms with Gasteiger partial charge >= 0.3 is 5.97 Å². The molecule has 2 aromatic carbocycles. The van der Waals surface area contributed by atoms with Crippen LogP contribution < -0.4 is 10.1 Å². The largest absolute Gasteiger partial charge is 0.423 e. The van der Waals surface area contributed by atoms with Gasteiger partial charge in [0.05, 0.1) is 10.7 Å². The van der Waals surface area contributed by atoms with Gasteiger partial charge in [-0.3, -0.25) is 4.79 Å². The van der Waals surface area contributed by atoms with Gasteiger partial charge in [-0.1, -0.05) is 28.8 Å². The molecule has 0 aromatic heterocycles. The summed E-state index contributed by atoms with van der Waals surface area (Å²) in [5, 5.41) is 3.54. The summed E-state index contributed by atoms with van der Waals surface area (Å²) in [4.78, 5) is 23.8. The molecule has 24 heavy (non-hydrogen) atoms. The first kappa shape index (κ1) is 18.0. The highest BCUT2D eigenvalue weighted by atomic mass is 35.5. The molecule has 2 aromatic rings. The molecule has 1 amide bonds. The predicted octanol–water partition coefficient (Wildman–Crippen LogP) is 5.12. The number of carbonyl (C=O) groups is 2. The molecular formula is C18H15Cl2NO3. The fraction of sp³-hybridized carbons (Fsp3) is 0.111. The topological polar surface area (TPSA) is 55.4 Å². The molecule has 0 unspecified atom stereocenters. The molecule has 0 fully saturated rings. The van der Waals surface area contributed by atoms with Crippen LogP contribution in [0.25, 0.3) is 0 Å². The zero-order chi connectivity index (χ0) is 17.7. The van der Waals surface area contributed by atoms with E-state index in [1.165, 1.54) is 6.08 Å². The van der Waals surface area contributed by atoms with Gasteiger partial charge < -0.3 is 10.1 Å². The summed E-state index contributed by atoms with van der Waals surface area (Å²) < 4.78 is 5.13. The maximum absolute atomic E-state index is 12.2. The second-order valence-electron chi connectivity index (χ2n) is 5.25. The summed E-state index contributed by atoms with van der Waals surface area (Å²) >= 11 is 11.9. The minimum atomic E-state index is -0.460. The predicted molar refractivity (Wildman–Crippen MR) is 95.9 cm³/mol. The Hall–Kier alpha value is -2.30. The lowest BCUT2D eigenvalue weighted by Gasteiger charge is -2.08. The van der Waals surface area contributed by atoms with E-state index in [1.54, 1.807) is 56.3 Å². The number of amides is 1. The van der Waals surface area contributed by atoms with Crippen LogP contribution in [0.15, 0.2) is 54.1 Å². The smallest absolute Gasteiger partial charge is 0.336 e. The Morgan fingerprint density at radius 3 is 2.33 bits per heavy atom. The first-order chi connectivity index (χ1) is 11.3. The summed E-state index contributed by atoms with van der Waals surface area (Å²) in [6, 6.07) is 11.0. The molecule has 0 aliphatic heterocycles. The molecule has 0 aliphatic carbocycles. The van der Waals surface area contributed by atoms with E-state index in [0.29, 0.717) is 27.0 Å². The molecule has 0 spiro atoms. The fourth-order valence-electron chi connectivity index (χ4n) is 1.84. The van der Waals surface area contributed by atoms with E-state index < -0.39 is 5.97 Å². The number of ether oxygens (including phenoxy) is 1. The Labute approximate surface area is 150 Å². The first-order valence-corrected chi connectivity index (χ1v) is 7.84. The number of carbonyl (C=O) groups excluding carboxylic acids is 2. The third-order valence-electron chi connectivity index (χ3n) is 2.92. The van der Waals surface area contributed by atoms with Gasteiger partial charge in [0.25, 0.3) is 5.91 Å². The van der Waals surface area contributed by atoms with Crippen molar-refractivity contribution >= 4 is 40.8 Å². The van der Waals surface area contributed by atoms with Crippen molar-refractivity contribution in [3.63, 3.8) is 0 Å². The minimum absolute atomic E-state index is 0.346. The van der Waals surface area contributed by atoms with Crippen molar-refractivity contribution in [2.45, 2.75) is 13.8 Å². The van der Waals surface area contributed by atoms with Gasteiger partial charge in [-0.2, -0.15) is 0 Å². The molecule has 0 aliphatic rings. The Balaban J connectivity index is 2.07. The highest BCUT2D eigenvalue weighted by Gasteiger charge is 2.10. The van der Waals surface area contributed by atoms with Crippen molar-refractivity contribution < 1.29 is 14.3 Å². The molecule has 0 heterocycles. The molecule has 1 N–H and O–H groups in total. The highest BCUT2D eigenvalue weighted by Crippen LogP contribution is 2.26. The van der Waals surface area contributed by atoms with Gasteiger partial charge in [-0.15, -0.1) is 0 Å². The first-order valence-electron chi connectivity index (χ1n) is 7.08. The Bertz CT molecular complexity index is 794. The number of esters is 1. The number of hydrogen-bond acceptors (Lipinski definition) is 3. The summed E-state index contributed by atoms with van der Waals surface area (Å²) in [7, 11) is 0. The third-order valence-corrected chi connectivity index (χ3v) is 3.48. The molecule has 0 bridgehead atoms. The molecule has 0 saturated carbocycles. The van der Waals surface area contributed by atoms with Gasteiger partial charge in [0.1, 0.15) is 5.75 Å². The summed E-state index contributed by atoms with van der Waals surface area (Å²) in [5.41, 5.74) is 1.66. The van der Waals surface area contributed by atoms with Gasteiger partial charge in [-0.05, 0) is 56.3 Å². The van der Waals surface area contributed by atoms with Gasteiger partial charge in [0, 0.05) is 16.7 Å². The van der Waals surface area contributed by atoms with Crippen LogP contribution in [0.4, 0.5) is 5.69 Å². The Kier molecular flexibility index (Phi) is 6.01.